The lowest BCUT2D eigenvalue weighted by Crippen LogP contribution is -2.30. The molecule has 0 unspecified atom stereocenters. The van der Waals surface area contributed by atoms with Crippen LogP contribution in [0.5, 0.6) is 11.5 Å². The first-order valence-electron chi connectivity index (χ1n) is 9.39. The van der Waals surface area contributed by atoms with Crippen molar-refractivity contribution in [1.29, 1.82) is 0 Å². The van der Waals surface area contributed by atoms with Gasteiger partial charge in [0.15, 0.2) is 0 Å². The number of ether oxygens (including phenoxy) is 2. The third kappa shape index (κ3) is 5.26. The van der Waals surface area contributed by atoms with Gasteiger partial charge in [-0.1, -0.05) is 45.0 Å². The number of hydrogen-bond acceptors (Lipinski definition) is 2. The molecule has 0 aliphatic carbocycles. The van der Waals surface area contributed by atoms with Crippen molar-refractivity contribution in [3.05, 3.63) is 48.5 Å². The summed E-state index contributed by atoms with van der Waals surface area (Å²) >= 11 is 0. The fourth-order valence-electron chi connectivity index (χ4n) is 2.50. The summed E-state index contributed by atoms with van der Waals surface area (Å²) in [5, 5.41) is 0. The molecule has 0 aromatic heterocycles. The van der Waals surface area contributed by atoms with E-state index in [9.17, 15) is 0 Å². The van der Waals surface area contributed by atoms with E-state index in [4.69, 9.17) is 9.47 Å². The molecule has 25 heavy (non-hydrogen) atoms. The van der Waals surface area contributed by atoms with Crippen LogP contribution in [0.3, 0.4) is 0 Å². The second-order valence-electron chi connectivity index (χ2n) is 7.52. The van der Waals surface area contributed by atoms with Crippen LogP contribution in [0, 0.1) is 0 Å². The van der Waals surface area contributed by atoms with Crippen molar-refractivity contribution in [2.75, 3.05) is 0 Å². The zero-order chi connectivity index (χ0) is 18.5. The molecule has 0 atom stereocenters. The molecule has 0 bridgehead atoms. The molecule has 0 saturated heterocycles. The lowest BCUT2D eigenvalue weighted by molar-refractivity contribution is 0.0803. The zero-order valence-electron chi connectivity index (χ0n) is 16.6. The SMILES string of the molecule is CCC(C)(C)Oc1ccc(-c2ccc(OC(C)(CC)CC)cc2)cc1. The molecule has 2 rings (SSSR count). The summed E-state index contributed by atoms with van der Waals surface area (Å²) in [6.45, 7) is 12.9. The third-order valence-electron chi connectivity index (χ3n) is 5.15. The predicted octanol–water partition coefficient (Wildman–Crippen LogP) is 6.88. The Kier molecular flexibility index (Phi) is 6.16. The van der Waals surface area contributed by atoms with E-state index in [2.05, 4.69) is 77.9 Å². The van der Waals surface area contributed by atoms with Crippen LogP contribution in [0.25, 0.3) is 11.1 Å². The van der Waals surface area contributed by atoms with Gasteiger partial charge in [0, 0.05) is 0 Å². The van der Waals surface area contributed by atoms with Crippen molar-refractivity contribution in [3.8, 4) is 22.6 Å². The van der Waals surface area contributed by atoms with Crippen molar-refractivity contribution in [2.24, 2.45) is 0 Å². The molecule has 0 aliphatic rings. The summed E-state index contributed by atoms with van der Waals surface area (Å²) in [6.07, 6.45) is 2.98. The molecule has 2 aromatic rings. The fourth-order valence-corrected chi connectivity index (χ4v) is 2.50. The highest BCUT2D eigenvalue weighted by atomic mass is 16.5. The van der Waals surface area contributed by atoms with Gasteiger partial charge in [-0.25, -0.2) is 0 Å². The van der Waals surface area contributed by atoms with E-state index < -0.39 is 0 Å². The average Bonchev–Trinajstić information content (AvgIpc) is 2.63. The Morgan fingerprint density at radius 3 is 1.36 bits per heavy atom. The van der Waals surface area contributed by atoms with Crippen molar-refractivity contribution in [2.45, 2.75) is 72.0 Å². The van der Waals surface area contributed by atoms with Crippen molar-refractivity contribution in [3.63, 3.8) is 0 Å². The van der Waals surface area contributed by atoms with Gasteiger partial charge in [-0.15, -0.1) is 0 Å². The minimum atomic E-state index is -0.133. The molecule has 2 nitrogen and oxygen atoms in total. The van der Waals surface area contributed by atoms with Gasteiger partial charge in [-0.05, 0) is 75.4 Å². The highest BCUT2D eigenvalue weighted by molar-refractivity contribution is 5.64. The summed E-state index contributed by atoms with van der Waals surface area (Å²) in [6, 6.07) is 16.7. The topological polar surface area (TPSA) is 18.5 Å². The minimum absolute atomic E-state index is 0.0907. The van der Waals surface area contributed by atoms with Crippen LogP contribution >= 0.6 is 0 Å². The van der Waals surface area contributed by atoms with E-state index in [0.29, 0.717) is 0 Å². The van der Waals surface area contributed by atoms with Gasteiger partial charge in [-0.3, -0.25) is 0 Å². The molecule has 0 amide bonds. The lowest BCUT2D eigenvalue weighted by Gasteiger charge is -2.28. The summed E-state index contributed by atoms with van der Waals surface area (Å²) in [7, 11) is 0. The van der Waals surface area contributed by atoms with Crippen LogP contribution in [-0.4, -0.2) is 11.2 Å². The molecule has 0 heterocycles. The molecule has 2 heteroatoms. The first-order chi connectivity index (χ1) is 11.8. The molecule has 0 spiro atoms. The van der Waals surface area contributed by atoms with Crippen LogP contribution in [-0.2, 0) is 0 Å². The van der Waals surface area contributed by atoms with Gasteiger partial charge >= 0.3 is 0 Å². The molecule has 0 aliphatic heterocycles. The standard InChI is InChI=1S/C23H32O2/c1-7-22(4,5)24-20-14-10-18(11-15-20)19-12-16-21(17-13-19)25-23(6,8-2)9-3/h10-17H,7-9H2,1-6H3. The maximum absolute atomic E-state index is 6.16. The zero-order valence-corrected chi connectivity index (χ0v) is 16.6. The summed E-state index contributed by atoms with van der Waals surface area (Å²) in [5.74, 6) is 1.84. The monoisotopic (exact) mass is 340 g/mol. The number of hydrogen-bond donors (Lipinski definition) is 0. The molecular formula is C23H32O2. The smallest absolute Gasteiger partial charge is 0.120 e. The first-order valence-corrected chi connectivity index (χ1v) is 9.39. The van der Waals surface area contributed by atoms with Crippen molar-refractivity contribution >= 4 is 0 Å². The Labute approximate surface area is 153 Å². The predicted molar refractivity (Wildman–Crippen MR) is 106 cm³/mol. The van der Waals surface area contributed by atoms with Gasteiger partial charge in [0.05, 0.1) is 0 Å². The molecule has 2 aromatic carbocycles. The summed E-state index contributed by atoms with van der Waals surface area (Å²) in [5.41, 5.74) is 2.14. The van der Waals surface area contributed by atoms with Gasteiger partial charge in [-0.2, -0.15) is 0 Å². The lowest BCUT2D eigenvalue weighted by atomic mass is 10.00. The normalized spacial score (nSPS) is 12.1. The van der Waals surface area contributed by atoms with Gasteiger partial charge in [0.2, 0.25) is 0 Å². The van der Waals surface area contributed by atoms with Crippen LogP contribution < -0.4 is 9.47 Å². The first kappa shape index (κ1) is 19.4. The summed E-state index contributed by atoms with van der Waals surface area (Å²) < 4.78 is 12.2. The van der Waals surface area contributed by atoms with Crippen LogP contribution in [0.1, 0.15) is 60.8 Å². The van der Waals surface area contributed by atoms with Crippen LogP contribution in [0.15, 0.2) is 48.5 Å². The largest absolute Gasteiger partial charge is 0.488 e. The second-order valence-corrected chi connectivity index (χ2v) is 7.52. The Balaban J connectivity index is 2.09. The Bertz CT molecular complexity index is 649. The minimum Gasteiger partial charge on any atom is -0.488 e. The Morgan fingerprint density at radius 2 is 1.00 bits per heavy atom. The van der Waals surface area contributed by atoms with E-state index in [1.54, 1.807) is 0 Å². The van der Waals surface area contributed by atoms with Gasteiger partial charge in [0.25, 0.3) is 0 Å². The second kappa shape index (κ2) is 7.95. The molecule has 0 radical (unpaired) electrons. The van der Waals surface area contributed by atoms with Crippen molar-refractivity contribution < 1.29 is 9.47 Å². The fraction of sp³-hybridized carbons (Fsp3) is 0.478. The van der Waals surface area contributed by atoms with Crippen molar-refractivity contribution in [1.82, 2.24) is 0 Å². The molecular weight excluding hydrogens is 308 g/mol. The molecule has 0 fully saturated rings. The average molecular weight is 341 g/mol. The van der Waals surface area contributed by atoms with E-state index in [1.165, 1.54) is 11.1 Å². The number of rotatable bonds is 8. The molecule has 0 saturated carbocycles. The molecule has 136 valence electrons. The van der Waals surface area contributed by atoms with E-state index in [-0.39, 0.29) is 11.2 Å². The van der Waals surface area contributed by atoms with E-state index in [1.807, 2.05) is 12.1 Å². The van der Waals surface area contributed by atoms with Gasteiger partial charge in [0.1, 0.15) is 22.7 Å². The quantitative estimate of drug-likeness (QED) is 0.521. The summed E-state index contributed by atoms with van der Waals surface area (Å²) in [4.78, 5) is 0. The van der Waals surface area contributed by atoms with Crippen LogP contribution in [0.4, 0.5) is 0 Å². The highest BCUT2D eigenvalue weighted by Gasteiger charge is 2.21. The van der Waals surface area contributed by atoms with Gasteiger partial charge < -0.3 is 9.47 Å². The highest BCUT2D eigenvalue weighted by Crippen LogP contribution is 2.29. The third-order valence-corrected chi connectivity index (χ3v) is 5.15. The maximum Gasteiger partial charge on any atom is 0.120 e. The van der Waals surface area contributed by atoms with E-state index >= 15 is 0 Å². The number of benzene rings is 2. The maximum atomic E-state index is 6.16. The Morgan fingerprint density at radius 1 is 0.600 bits per heavy atom. The molecule has 0 N–H and O–H groups in total. The van der Waals surface area contributed by atoms with Crippen LogP contribution in [0.2, 0.25) is 0 Å². The Hall–Kier alpha value is -1.96. The van der Waals surface area contributed by atoms with E-state index in [0.717, 1.165) is 30.8 Å².